The van der Waals surface area contributed by atoms with Gasteiger partial charge in [0.2, 0.25) is 0 Å². The molecule has 0 aliphatic heterocycles. The van der Waals surface area contributed by atoms with Crippen LogP contribution in [-0.2, 0) is 9.68 Å². The van der Waals surface area contributed by atoms with Crippen molar-refractivity contribution in [2.45, 2.75) is 0 Å². The lowest BCUT2D eigenvalue weighted by molar-refractivity contribution is -0.236. The summed E-state index contributed by atoms with van der Waals surface area (Å²) >= 11 is 0. The molecular weight excluding hydrogens is 176 g/mol. The summed E-state index contributed by atoms with van der Waals surface area (Å²) in [4.78, 5) is 13.7. The average molecular weight is 184 g/mol. The van der Waals surface area contributed by atoms with E-state index >= 15 is 0 Å². The van der Waals surface area contributed by atoms with Crippen LogP contribution in [-0.4, -0.2) is 34.4 Å². The molecule has 0 aliphatic rings. The second kappa shape index (κ2) is 7.20. The van der Waals surface area contributed by atoms with Crippen molar-refractivity contribution >= 4 is 27.6 Å². The van der Waals surface area contributed by atoms with Crippen LogP contribution < -0.4 is 0 Å². The van der Waals surface area contributed by atoms with Crippen LogP contribution in [0.1, 0.15) is 0 Å². The van der Waals surface area contributed by atoms with Gasteiger partial charge in [0.05, 0.1) is 6.61 Å². The predicted octanol–water partition coefficient (Wildman–Crippen LogP) is 0.942. The van der Waals surface area contributed by atoms with Gasteiger partial charge in [0.15, 0.2) is 0 Å². The third kappa shape index (κ3) is 8.09. The molecule has 10 heavy (non-hydrogen) atoms. The van der Waals surface area contributed by atoms with E-state index in [0.29, 0.717) is 5.75 Å². The quantitative estimate of drug-likeness (QED) is 0.277. The van der Waals surface area contributed by atoms with Crippen LogP contribution >= 0.6 is 21.6 Å². The summed E-state index contributed by atoms with van der Waals surface area (Å²) in [5, 5.41) is 16.0. The molecule has 0 unspecified atom stereocenters. The average Bonchev–Trinajstić information content (AvgIpc) is 1.87. The van der Waals surface area contributed by atoms with E-state index < -0.39 is 5.97 Å². The Labute approximate surface area is 66.3 Å². The SMILES string of the molecule is O=C(O)CSSCCOO. The Balaban J connectivity index is 2.84. The third-order valence-corrected chi connectivity index (χ3v) is 2.74. The monoisotopic (exact) mass is 184 g/mol. The molecule has 0 amide bonds. The first-order valence-electron chi connectivity index (χ1n) is 2.50. The molecule has 0 rings (SSSR count). The van der Waals surface area contributed by atoms with Gasteiger partial charge in [0, 0.05) is 5.75 Å². The van der Waals surface area contributed by atoms with E-state index in [4.69, 9.17) is 10.4 Å². The minimum atomic E-state index is -0.831. The molecule has 0 fully saturated rings. The highest BCUT2D eigenvalue weighted by atomic mass is 33.1. The van der Waals surface area contributed by atoms with Crippen LogP contribution in [0.5, 0.6) is 0 Å². The second-order valence-electron chi connectivity index (χ2n) is 1.31. The minimum absolute atomic E-state index is 0.0795. The standard InChI is InChI=1S/C4H8O4S2/c5-4(6)3-10-9-2-1-8-7/h7H,1-3H2,(H,5,6). The zero-order chi connectivity index (χ0) is 7.82. The molecule has 0 bridgehead atoms. The summed E-state index contributed by atoms with van der Waals surface area (Å²) in [5.74, 6) is -0.160. The van der Waals surface area contributed by atoms with Crippen molar-refractivity contribution < 1.29 is 20.0 Å². The summed E-state index contributed by atoms with van der Waals surface area (Å²) in [6.07, 6.45) is 0. The number of rotatable bonds is 6. The van der Waals surface area contributed by atoms with Crippen molar-refractivity contribution in [1.82, 2.24) is 0 Å². The Morgan fingerprint density at radius 2 is 2.20 bits per heavy atom. The van der Waals surface area contributed by atoms with Gasteiger partial charge in [0.1, 0.15) is 5.75 Å². The molecule has 6 heteroatoms. The van der Waals surface area contributed by atoms with Gasteiger partial charge in [-0.25, -0.2) is 4.89 Å². The van der Waals surface area contributed by atoms with Crippen LogP contribution in [0.3, 0.4) is 0 Å². The minimum Gasteiger partial charge on any atom is -0.481 e. The first-order valence-corrected chi connectivity index (χ1v) is 4.98. The highest BCUT2D eigenvalue weighted by Gasteiger charge is 1.96. The Morgan fingerprint density at radius 1 is 1.50 bits per heavy atom. The van der Waals surface area contributed by atoms with E-state index in [-0.39, 0.29) is 12.4 Å². The second-order valence-corrected chi connectivity index (χ2v) is 3.89. The first kappa shape index (κ1) is 10.1. The molecular formula is C4H8O4S2. The lowest BCUT2D eigenvalue weighted by Gasteiger charge is -1.94. The molecule has 60 valence electrons. The van der Waals surface area contributed by atoms with Gasteiger partial charge in [-0.05, 0) is 0 Å². The Hall–Kier alpha value is 0.0900. The molecule has 4 nitrogen and oxygen atoms in total. The van der Waals surface area contributed by atoms with E-state index in [1.807, 2.05) is 0 Å². The molecule has 2 N–H and O–H groups in total. The van der Waals surface area contributed by atoms with Crippen LogP contribution in [0, 0.1) is 0 Å². The molecule has 0 aromatic heterocycles. The lowest BCUT2D eigenvalue weighted by Crippen LogP contribution is -1.97. The van der Waals surface area contributed by atoms with Crippen molar-refractivity contribution in [3.63, 3.8) is 0 Å². The maximum Gasteiger partial charge on any atom is 0.314 e. The molecule has 0 atom stereocenters. The number of carbonyl (C=O) groups is 1. The summed E-state index contributed by atoms with van der Waals surface area (Å²) in [6, 6.07) is 0. The molecule has 0 saturated carbocycles. The zero-order valence-electron chi connectivity index (χ0n) is 5.15. The van der Waals surface area contributed by atoms with E-state index in [9.17, 15) is 4.79 Å². The third-order valence-electron chi connectivity index (χ3n) is 0.524. The van der Waals surface area contributed by atoms with Crippen molar-refractivity contribution in [2.75, 3.05) is 18.1 Å². The highest BCUT2D eigenvalue weighted by Crippen LogP contribution is 2.19. The summed E-state index contributed by atoms with van der Waals surface area (Å²) in [7, 11) is 2.58. The lowest BCUT2D eigenvalue weighted by atomic mass is 10.8. The van der Waals surface area contributed by atoms with Crippen LogP contribution in [0.25, 0.3) is 0 Å². The number of aliphatic carboxylic acids is 1. The fourth-order valence-corrected chi connectivity index (χ4v) is 1.78. The van der Waals surface area contributed by atoms with Gasteiger partial charge in [0.25, 0.3) is 0 Å². The number of hydrogen-bond acceptors (Lipinski definition) is 5. The molecule has 0 saturated heterocycles. The van der Waals surface area contributed by atoms with E-state index in [1.54, 1.807) is 0 Å². The smallest absolute Gasteiger partial charge is 0.314 e. The van der Waals surface area contributed by atoms with Gasteiger partial charge < -0.3 is 5.11 Å². The highest BCUT2D eigenvalue weighted by molar-refractivity contribution is 8.76. The summed E-state index contributed by atoms with van der Waals surface area (Å²) in [6.45, 7) is 0.233. The molecule has 0 aromatic rings. The Kier molecular flexibility index (Phi) is 7.26. The first-order chi connectivity index (χ1) is 4.77. The summed E-state index contributed by atoms with van der Waals surface area (Å²) < 4.78 is 0. The van der Waals surface area contributed by atoms with Crippen LogP contribution in [0.15, 0.2) is 0 Å². The fourth-order valence-electron chi connectivity index (χ4n) is 0.222. The normalized spacial score (nSPS) is 9.70. The maximum absolute atomic E-state index is 9.92. The molecule has 0 aliphatic carbocycles. The Bertz CT molecular complexity index is 97.3. The van der Waals surface area contributed by atoms with Crippen LogP contribution in [0.2, 0.25) is 0 Å². The summed E-state index contributed by atoms with van der Waals surface area (Å²) in [5.41, 5.74) is 0. The topological polar surface area (TPSA) is 66.8 Å². The maximum atomic E-state index is 9.92. The number of carboxylic acids is 1. The molecule has 0 heterocycles. The van der Waals surface area contributed by atoms with Gasteiger partial charge in [-0.15, -0.1) is 0 Å². The van der Waals surface area contributed by atoms with Gasteiger partial charge >= 0.3 is 5.97 Å². The van der Waals surface area contributed by atoms with Crippen molar-refractivity contribution in [3.05, 3.63) is 0 Å². The molecule has 0 spiro atoms. The van der Waals surface area contributed by atoms with Crippen molar-refractivity contribution in [1.29, 1.82) is 0 Å². The fraction of sp³-hybridized carbons (Fsp3) is 0.750. The van der Waals surface area contributed by atoms with Crippen molar-refractivity contribution in [2.24, 2.45) is 0 Å². The van der Waals surface area contributed by atoms with E-state index in [2.05, 4.69) is 4.89 Å². The number of hydrogen-bond donors (Lipinski definition) is 2. The van der Waals surface area contributed by atoms with Crippen LogP contribution in [0.4, 0.5) is 0 Å². The number of carboxylic acid groups (broad SMARTS) is 1. The largest absolute Gasteiger partial charge is 0.481 e. The zero-order valence-corrected chi connectivity index (χ0v) is 6.78. The van der Waals surface area contributed by atoms with Gasteiger partial charge in [-0.2, -0.15) is 0 Å². The van der Waals surface area contributed by atoms with E-state index in [1.165, 1.54) is 21.6 Å². The van der Waals surface area contributed by atoms with Crippen molar-refractivity contribution in [3.8, 4) is 0 Å². The Morgan fingerprint density at radius 3 is 2.70 bits per heavy atom. The predicted molar refractivity (Wildman–Crippen MR) is 41.1 cm³/mol. The molecule has 0 aromatic carbocycles. The van der Waals surface area contributed by atoms with Gasteiger partial charge in [-0.1, -0.05) is 21.6 Å². The van der Waals surface area contributed by atoms with E-state index in [0.717, 1.165) is 0 Å². The van der Waals surface area contributed by atoms with Gasteiger partial charge in [-0.3, -0.25) is 10.1 Å². The molecule has 0 radical (unpaired) electrons.